The number of halogens is 2. The van der Waals surface area contributed by atoms with E-state index in [9.17, 15) is 8.78 Å². The highest BCUT2D eigenvalue weighted by Gasteiger charge is 2.45. The van der Waals surface area contributed by atoms with E-state index in [1.54, 1.807) is 23.1 Å². The molecule has 1 saturated carbocycles. The monoisotopic (exact) mass is 352 g/mol. The second-order valence-electron chi connectivity index (χ2n) is 6.52. The third-order valence-electron chi connectivity index (χ3n) is 4.60. The summed E-state index contributed by atoms with van der Waals surface area (Å²) in [6.45, 7) is 0. The maximum atomic E-state index is 12.9. The minimum atomic E-state index is -2.57. The van der Waals surface area contributed by atoms with Crippen molar-refractivity contribution in [3.05, 3.63) is 49.1 Å². The van der Waals surface area contributed by atoms with Crippen molar-refractivity contribution in [1.29, 1.82) is 0 Å². The molecule has 0 spiro atoms. The number of anilines is 1. The van der Waals surface area contributed by atoms with E-state index in [-0.39, 0.29) is 18.9 Å². The standard InChI is InChI=1S/C18H14F2N6/c19-18(20)7-13(8-18)24-17-23-10-15-14(3-5-26(15)25-17)12-6-11-2-1-4-21-16(11)22-9-12/h1-6,9-10,13H,7-8H2,(H,24,25). The van der Waals surface area contributed by atoms with Crippen molar-refractivity contribution in [2.75, 3.05) is 5.32 Å². The summed E-state index contributed by atoms with van der Waals surface area (Å²) in [4.78, 5) is 12.9. The highest BCUT2D eigenvalue weighted by atomic mass is 19.3. The molecule has 1 fully saturated rings. The number of nitrogens with one attached hydrogen (secondary N) is 1. The van der Waals surface area contributed by atoms with Crippen LogP contribution < -0.4 is 5.32 Å². The van der Waals surface area contributed by atoms with Crippen LogP contribution in [0.15, 0.2) is 49.1 Å². The Morgan fingerprint density at radius 2 is 2.00 bits per heavy atom. The molecule has 0 saturated heterocycles. The molecule has 0 aromatic carbocycles. The molecule has 0 radical (unpaired) electrons. The smallest absolute Gasteiger partial charge is 0.252 e. The van der Waals surface area contributed by atoms with E-state index in [0.717, 1.165) is 22.0 Å². The van der Waals surface area contributed by atoms with E-state index in [0.29, 0.717) is 11.6 Å². The molecule has 1 aliphatic carbocycles. The zero-order valence-electron chi connectivity index (χ0n) is 13.6. The average Bonchev–Trinajstić information content (AvgIpc) is 3.03. The van der Waals surface area contributed by atoms with Crippen LogP contribution in [-0.2, 0) is 0 Å². The lowest BCUT2D eigenvalue weighted by atomic mass is 9.88. The fourth-order valence-corrected chi connectivity index (χ4v) is 3.27. The molecule has 0 aliphatic heterocycles. The summed E-state index contributed by atoms with van der Waals surface area (Å²) in [7, 11) is 0. The summed E-state index contributed by atoms with van der Waals surface area (Å²) >= 11 is 0. The van der Waals surface area contributed by atoms with Crippen molar-refractivity contribution < 1.29 is 8.78 Å². The molecular formula is C18H14F2N6. The van der Waals surface area contributed by atoms with Gasteiger partial charge in [-0.3, -0.25) is 0 Å². The second-order valence-corrected chi connectivity index (χ2v) is 6.52. The van der Waals surface area contributed by atoms with Gasteiger partial charge in [0.15, 0.2) is 5.65 Å². The maximum absolute atomic E-state index is 12.9. The first-order valence-corrected chi connectivity index (χ1v) is 8.27. The summed E-state index contributed by atoms with van der Waals surface area (Å²) in [5.41, 5.74) is 3.40. The van der Waals surface area contributed by atoms with Gasteiger partial charge < -0.3 is 5.32 Å². The van der Waals surface area contributed by atoms with Crippen LogP contribution in [0.4, 0.5) is 14.7 Å². The molecule has 1 N–H and O–H groups in total. The third kappa shape index (κ3) is 2.54. The Labute approximate surface area is 146 Å². The lowest BCUT2D eigenvalue weighted by Gasteiger charge is -2.35. The van der Waals surface area contributed by atoms with Crippen LogP contribution >= 0.6 is 0 Å². The topological polar surface area (TPSA) is 68.0 Å². The van der Waals surface area contributed by atoms with Crippen molar-refractivity contribution in [2.24, 2.45) is 0 Å². The summed E-state index contributed by atoms with van der Waals surface area (Å²) in [6.07, 6.45) is 6.63. The van der Waals surface area contributed by atoms with Crippen molar-refractivity contribution in [3.8, 4) is 11.1 Å². The Balaban J connectivity index is 1.47. The first-order valence-electron chi connectivity index (χ1n) is 8.27. The van der Waals surface area contributed by atoms with Gasteiger partial charge in [-0.15, -0.1) is 5.10 Å². The van der Waals surface area contributed by atoms with Gasteiger partial charge in [0.25, 0.3) is 5.92 Å². The number of nitrogens with zero attached hydrogens (tertiary/aromatic N) is 5. The van der Waals surface area contributed by atoms with E-state index in [1.165, 1.54) is 0 Å². The average molecular weight is 352 g/mol. The van der Waals surface area contributed by atoms with Gasteiger partial charge in [-0.05, 0) is 24.3 Å². The van der Waals surface area contributed by atoms with Gasteiger partial charge >= 0.3 is 0 Å². The fraction of sp³-hybridized carbons (Fsp3) is 0.222. The first kappa shape index (κ1) is 15.1. The zero-order valence-corrected chi connectivity index (χ0v) is 13.6. The summed E-state index contributed by atoms with van der Waals surface area (Å²) in [5, 5.41) is 8.28. The minimum Gasteiger partial charge on any atom is -0.350 e. The molecule has 26 heavy (non-hydrogen) atoms. The normalized spacial score (nSPS) is 16.7. The van der Waals surface area contributed by atoms with Gasteiger partial charge in [0.05, 0.1) is 11.7 Å². The first-order chi connectivity index (χ1) is 12.6. The van der Waals surface area contributed by atoms with Gasteiger partial charge in [-0.25, -0.2) is 28.2 Å². The Morgan fingerprint density at radius 3 is 2.85 bits per heavy atom. The van der Waals surface area contributed by atoms with E-state index in [1.807, 2.05) is 30.5 Å². The number of fused-ring (bicyclic) bond motifs is 2. The molecule has 0 bridgehead atoms. The molecule has 4 aromatic heterocycles. The number of aromatic nitrogens is 5. The second kappa shape index (κ2) is 5.42. The molecule has 8 heteroatoms. The molecular weight excluding hydrogens is 338 g/mol. The number of hydrogen-bond donors (Lipinski definition) is 1. The van der Waals surface area contributed by atoms with Crippen molar-refractivity contribution in [2.45, 2.75) is 24.8 Å². The molecule has 0 atom stereocenters. The SMILES string of the molecule is FC1(F)CC(Nc2ncc3c(-c4cnc5ncccc5c4)ccn3n2)C1. The number of pyridine rings is 2. The Bertz CT molecular complexity index is 1120. The predicted octanol–water partition coefficient (Wildman–Crippen LogP) is 3.55. The Kier molecular flexibility index (Phi) is 3.15. The number of alkyl halides is 2. The molecule has 130 valence electrons. The zero-order chi connectivity index (χ0) is 17.7. The Hall–Kier alpha value is -3.16. The maximum Gasteiger partial charge on any atom is 0.252 e. The van der Waals surface area contributed by atoms with E-state index < -0.39 is 5.92 Å². The molecule has 0 unspecified atom stereocenters. The van der Waals surface area contributed by atoms with Crippen LogP contribution in [0.3, 0.4) is 0 Å². The highest BCUT2D eigenvalue weighted by molar-refractivity contribution is 5.86. The molecule has 0 amide bonds. The largest absolute Gasteiger partial charge is 0.350 e. The van der Waals surface area contributed by atoms with E-state index >= 15 is 0 Å². The predicted molar refractivity (Wildman–Crippen MR) is 93.1 cm³/mol. The summed E-state index contributed by atoms with van der Waals surface area (Å²) in [6, 6.07) is 7.51. The van der Waals surface area contributed by atoms with Gasteiger partial charge in [0.2, 0.25) is 5.95 Å². The van der Waals surface area contributed by atoms with Gasteiger partial charge in [-0.1, -0.05) is 0 Å². The molecule has 1 aliphatic rings. The molecule has 4 aromatic rings. The van der Waals surface area contributed by atoms with Crippen molar-refractivity contribution in [3.63, 3.8) is 0 Å². The van der Waals surface area contributed by atoms with E-state index in [2.05, 4.69) is 25.4 Å². The molecule has 4 heterocycles. The van der Waals surface area contributed by atoms with Crippen LogP contribution in [0.5, 0.6) is 0 Å². The van der Waals surface area contributed by atoms with Crippen LogP contribution in [0.2, 0.25) is 0 Å². The highest BCUT2D eigenvalue weighted by Crippen LogP contribution is 2.38. The van der Waals surface area contributed by atoms with Crippen molar-refractivity contribution in [1.82, 2.24) is 24.6 Å². The van der Waals surface area contributed by atoms with E-state index in [4.69, 9.17) is 0 Å². The molecule has 6 nitrogen and oxygen atoms in total. The summed E-state index contributed by atoms with van der Waals surface area (Å²) in [5.74, 6) is -2.22. The summed E-state index contributed by atoms with van der Waals surface area (Å²) < 4.78 is 27.6. The number of hydrogen-bond acceptors (Lipinski definition) is 5. The van der Waals surface area contributed by atoms with Crippen molar-refractivity contribution >= 4 is 22.5 Å². The van der Waals surface area contributed by atoms with Crippen LogP contribution in [-0.4, -0.2) is 36.5 Å². The lowest BCUT2D eigenvalue weighted by molar-refractivity contribution is -0.0794. The quantitative estimate of drug-likeness (QED) is 0.611. The van der Waals surface area contributed by atoms with Gasteiger partial charge in [0.1, 0.15) is 0 Å². The fourth-order valence-electron chi connectivity index (χ4n) is 3.27. The van der Waals surface area contributed by atoms with Crippen LogP contribution in [0.1, 0.15) is 12.8 Å². The van der Waals surface area contributed by atoms with Gasteiger partial charge in [-0.2, -0.15) is 0 Å². The lowest BCUT2D eigenvalue weighted by Crippen LogP contribution is -2.44. The number of rotatable bonds is 3. The Morgan fingerprint density at radius 1 is 1.12 bits per heavy atom. The third-order valence-corrected chi connectivity index (χ3v) is 4.60. The van der Waals surface area contributed by atoms with Crippen LogP contribution in [0, 0.1) is 0 Å². The minimum absolute atomic E-state index is 0.178. The van der Waals surface area contributed by atoms with Gasteiger partial charge in [0, 0.05) is 54.0 Å². The van der Waals surface area contributed by atoms with Crippen LogP contribution in [0.25, 0.3) is 27.7 Å². The molecule has 5 rings (SSSR count).